The third-order valence-corrected chi connectivity index (χ3v) is 7.15. The fourth-order valence-electron chi connectivity index (χ4n) is 5.58. The Morgan fingerprint density at radius 1 is 1.03 bits per heavy atom. The van der Waals surface area contributed by atoms with Crippen LogP contribution in [0.3, 0.4) is 0 Å². The molecule has 0 spiro atoms. The molecule has 0 fully saturated rings. The number of hydrogen-bond acceptors (Lipinski definition) is 6. The molecule has 0 saturated carbocycles. The molecular weight excluding hydrogens is 503 g/mol. The van der Waals surface area contributed by atoms with Crippen LogP contribution in [0.1, 0.15) is 57.8 Å². The summed E-state index contributed by atoms with van der Waals surface area (Å²) in [7, 11) is 1.71. The van der Waals surface area contributed by atoms with Gasteiger partial charge in [0.1, 0.15) is 0 Å². The number of alkyl halides is 3. The second-order valence-electron chi connectivity index (χ2n) is 10.4. The number of halogens is 3. The number of benzene rings is 2. The van der Waals surface area contributed by atoms with E-state index in [1.807, 2.05) is 17.0 Å². The number of hydrogen-bond donors (Lipinski definition) is 0. The molecule has 0 bridgehead atoms. The number of tetrazole rings is 1. The Hall–Kier alpha value is -3.95. The minimum atomic E-state index is -4.45. The summed E-state index contributed by atoms with van der Waals surface area (Å²) in [5.74, 6) is 0.450. The number of nitrogens with zero attached hydrogens (tertiary/aromatic N) is 7. The fourth-order valence-corrected chi connectivity index (χ4v) is 5.58. The van der Waals surface area contributed by atoms with E-state index in [2.05, 4.69) is 57.3 Å². The number of fused-ring (bicyclic) bond motifs is 1. The van der Waals surface area contributed by atoms with E-state index in [1.54, 1.807) is 25.5 Å². The molecule has 2 aromatic heterocycles. The first-order valence-corrected chi connectivity index (χ1v) is 13.0. The lowest BCUT2D eigenvalue weighted by atomic mass is 9.94. The topological polar surface area (TPSA) is 63.0 Å². The molecule has 2 aromatic carbocycles. The number of pyridine rings is 1. The highest BCUT2D eigenvalue weighted by atomic mass is 19.4. The van der Waals surface area contributed by atoms with E-state index in [0.717, 1.165) is 40.7 Å². The molecule has 0 saturated heterocycles. The third-order valence-electron chi connectivity index (χ3n) is 7.15. The maximum atomic E-state index is 14.1. The molecule has 7 nitrogen and oxygen atoms in total. The third kappa shape index (κ3) is 5.89. The van der Waals surface area contributed by atoms with Crippen molar-refractivity contribution in [2.24, 2.45) is 7.05 Å². The van der Waals surface area contributed by atoms with Crippen LogP contribution >= 0.6 is 0 Å². The van der Waals surface area contributed by atoms with E-state index < -0.39 is 11.7 Å². The standard InChI is InChI=1S/C29H32F3N7/c1-19-11-20(2)13-23(12-19)18-39(28-34-36-37(4)35-28)26-8-6-10-38(17-22-7-5-9-33-16-22)27-15-25(29(30,31)32)21(3)14-24(26)27/h5,7,9,11-16,26H,6,8,10,17-18H2,1-4H3/t26-/m0/s1. The molecular formula is C29H32F3N7. The minimum absolute atomic E-state index is 0.202. The Balaban J connectivity index is 1.64. The van der Waals surface area contributed by atoms with Crippen molar-refractivity contribution < 1.29 is 13.2 Å². The lowest BCUT2D eigenvalue weighted by molar-refractivity contribution is -0.138. The lowest BCUT2D eigenvalue weighted by Gasteiger charge is -2.33. The summed E-state index contributed by atoms with van der Waals surface area (Å²) < 4.78 is 42.3. The molecule has 0 aliphatic carbocycles. The normalized spacial score (nSPS) is 15.7. The van der Waals surface area contributed by atoms with Gasteiger partial charge in [0.2, 0.25) is 0 Å². The number of aryl methyl sites for hydroxylation is 4. The van der Waals surface area contributed by atoms with Crippen molar-refractivity contribution in [3.05, 3.63) is 93.8 Å². The maximum Gasteiger partial charge on any atom is 0.416 e. The van der Waals surface area contributed by atoms with Crippen LogP contribution in [0.25, 0.3) is 0 Å². The molecule has 1 atom stereocenters. The molecule has 5 rings (SSSR count). The zero-order valence-electron chi connectivity index (χ0n) is 22.6. The first-order chi connectivity index (χ1) is 18.6. The van der Waals surface area contributed by atoms with Gasteiger partial charge in [-0.1, -0.05) is 46.6 Å². The van der Waals surface area contributed by atoms with Crippen LogP contribution in [0.15, 0.2) is 54.9 Å². The predicted octanol–water partition coefficient (Wildman–Crippen LogP) is 6.10. The second-order valence-corrected chi connectivity index (χ2v) is 10.4. The first kappa shape index (κ1) is 26.6. The van der Waals surface area contributed by atoms with Gasteiger partial charge in [-0.3, -0.25) is 4.98 Å². The van der Waals surface area contributed by atoms with Crippen molar-refractivity contribution in [2.75, 3.05) is 16.3 Å². The molecule has 0 N–H and O–H groups in total. The predicted molar refractivity (Wildman–Crippen MR) is 144 cm³/mol. The SMILES string of the molecule is Cc1cc(C)cc(CN(c2nnn(C)n2)[C@H]2CCCN(Cc3cccnc3)c3cc(C(F)(F)F)c(C)cc32)c1. The summed E-state index contributed by atoms with van der Waals surface area (Å²) in [6, 6.07) is 12.9. The highest BCUT2D eigenvalue weighted by molar-refractivity contribution is 5.62. The molecule has 204 valence electrons. The number of aromatic nitrogens is 5. The fraction of sp³-hybridized carbons (Fsp3) is 0.379. The van der Waals surface area contributed by atoms with Crippen LogP contribution in [-0.4, -0.2) is 31.7 Å². The number of anilines is 2. The summed E-state index contributed by atoms with van der Waals surface area (Å²) in [5.41, 5.74) is 5.32. The van der Waals surface area contributed by atoms with Crippen molar-refractivity contribution in [2.45, 2.75) is 58.9 Å². The van der Waals surface area contributed by atoms with Gasteiger partial charge in [0.05, 0.1) is 18.7 Å². The van der Waals surface area contributed by atoms with Crippen LogP contribution in [0.4, 0.5) is 24.8 Å². The highest BCUT2D eigenvalue weighted by Gasteiger charge is 2.37. The largest absolute Gasteiger partial charge is 0.416 e. The Morgan fingerprint density at radius 2 is 1.79 bits per heavy atom. The maximum absolute atomic E-state index is 14.1. The average molecular weight is 536 g/mol. The minimum Gasteiger partial charge on any atom is -0.367 e. The van der Waals surface area contributed by atoms with Crippen molar-refractivity contribution >= 4 is 11.6 Å². The highest BCUT2D eigenvalue weighted by Crippen LogP contribution is 2.43. The van der Waals surface area contributed by atoms with Gasteiger partial charge in [-0.05, 0) is 73.2 Å². The molecule has 10 heteroatoms. The molecule has 1 aliphatic heterocycles. The monoisotopic (exact) mass is 535 g/mol. The van der Waals surface area contributed by atoms with E-state index in [-0.39, 0.29) is 11.6 Å². The van der Waals surface area contributed by atoms with Gasteiger partial charge in [0.15, 0.2) is 0 Å². The van der Waals surface area contributed by atoms with Gasteiger partial charge < -0.3 is 9.80 Å². The average Bonchev–Trinajstić information content (AvgIpc) is 3.22. The first-order valence-electron chi connectivity index (χ1n) is 13.0. The van der Waals surface area contributed by atoms with Crippen molar-refractivity contribution in [1.29, 1.82) is 0 Å². The lowest BCUT2D eigenvalue weighted by Crippen LogP contribution is -2.30. The van der Waals surface area contributed by atoms with Crippen LogP contribution in [0.5, 0.6) is 0 Å². The molecule has 0 unspecified atom stereocenters. The summed E-state index contributed by atoms with van der Waals surface area (Å²) in [6.07, 6.45) is 0.511. The van der Waals surface area contributed by atoms with Gasteiger partial charge in [-0.2, -0.15) is 18.0 Å². The van der Waals surface area contributed by atoms with Gasteiger partial charge >= 0.3 is 6.18 Å². The van der Waals surface area contributed by atoms with Gasteiger partial charge in [-0.15, -0.1) is 5.10 Å². The zero-order valence-corrected chi connectivity index (χ0v) is 22.6. The number of rotatable bonds is 6. The smallest absolute Gasteiger partial charge is 0.367 e. The summed E-state index contributed by atoms with van der Waals surface area (Å²) in [4.78, 5) is 9.74. The van der Waals surface area contributed by atoms with Gasteiger partial charge in [0.25, 0.3) is 5.95 Å². The van der Waals surface area contributed by atoms with E-state index in [9.17, 15) is 13.2 Å². The van der Waals surface area contributed by atoms with E-state index in [0.29, 0.717) is 31.3 Å². The second kappa shape index (κ2) is 10.7. The van der Waals surface area contributed by atoms with Crippen LogP contribution in [0, 0.1) is 20.8 Å². The van der Waals surface area contributed by atoms with Crippen molar-refractivity contribution in [3.8, 4) is 0 Å². The zero-order chi connectivity index (χ0) is 27.7. The van der Waals surface area contributed by atoms with E-state index >= 15 is 0 Å². The van der Waals surface area contributed by atoms with Gasteiger partial charge in [-0.25, -0.2) is 0 Å². The van der Waals surface area contributed by atoms with E-state index in [1.165, 1.54) is 17.8 Å². The Labute approximate surface area is 226 Å². The Bertz CT molecular complexity index is 1430. The molecule has 0 amide bonds. The quantitative estimate of drug-likeness (QED) is 0.297. The van der Waals surface area contributed by atoms with E-state index in [4.69, 9.17) is 0 Å². The summed E-state index contributed by atoms with van der Waals surface area (Å²) in [5, 5.41) is 12.9. The van der Waals surface area contributed by atoms with Gasteiger partial charge in [0, 0.05) is 37.7 Å². The molecule has 1 aliphatic rings. The molecule has 4 aromatic rings. The molecule has 3 heterocycles. The van der Waals surface area contributed by atoms with Crippen LogP contribution in [0.2, 0.25) is 0 Å². The van der Waals surface area contributed by atoms with Crippen LogP contribution < -0.4 is 9.80 Å². The Morgan fingerprint density at radius 3 is 2.44 bits per heavy atom. The summed E-state index contributed by atoms with van der Waals surface area (Å²) in [6.45, 7) is 7.23. The van der Waals surface area contributed by atoms with Crippen molar-refractivity contribution in [1.82, 2.24) is 25.2 Å². The summed E-state index contributed by atoms with van der Waals surface area (Å²) >= 11 is 0. The Kier molecular flexibility index (Phi) is 7.29. The molecule has 39 heavy (non-hydrogen) atoms. The molecule has 0 radical (unpaired) electrons. The van der Waals surface area contributed by atoms with Crippen LogP contribution in [-0.2, 0) is 26.3 Å². The van der Waals surface area contributed by atoms with Crippen molar-refractivity contribution in [3.63, 3.8) is 0 Å².